The summed E-state index contributed by atoms with van der Waals surface area (Å²) in [6.07, 6.45) is 5.73. The van der Waals surface area contributed by atoms with Gasteiger partial charge in [0, 0.05) is 30.5 Å². The van der Waals surface area contributed by atoms with Gasteiger partial charge in [-0.1, -0.05) is 48.0 Å². The van der Waals surface area contributed by atoms with E-state index >= 15 is 0 Å². The Morgan fingerprint density at radius 3 is 2.43 bits per heavy atom. The number of nitrogens with zero attached hydrogens (tertiary/aromatic N) is 3. The number of pyridine rings is 1. The van der Waals surface area contributed by atoms with Crippen LogP contribution in [0.2, 0.25) is 5.02 Å². The molecule has 1 fully saturated rings. The van der Waals surface area contributed by atoms with E-state index in [0.717, 1.165) is 48.0 Å². The smallest absolute Gasteiger partial charge is 0.118 e. The maximum absolute atomic E-state index is 6.61. The van der Waals surface area contributed by atoms with Crippen molar-refractivity contribution >= 4 is 17.8 Å². The Labute approximate surface area is 183 Å². The van der Waals surface area contributed by atoms with Crippen molar-refractivity contribution in [2.24, 2.45) is 4.99 Å². The van der Waals surface area contributed by atoms with Gasteiger partial charge >= 0.3 is 0 Å². The highest BCUT2D eigenvalue weighted by Gasteiger charge is 2.28. The van der Waals surface area contributed by atoms with Gasteiger partial charge in [0.25, 0.3) is 0 Å². The van der Waals surface area contributed by atoms with E-state index < -0.39 is 0 Å². The van der Waals surface area contributed by atoms with Crippen molar-refractivity contribution in [2.45, 2.75) is 24.9 Å². The van der Waals surface area contributed by atoms with Crippen LogP contribution >= 0.6 is 11.6 Å². The predicted molar refractivity (Wildman–Crippen MR) is 123 cm³/mol. The minimum absolute atomic E-state index is 0.116. The summed E-state index contributed by atoms with van der Waals surface area (Å²) < 4.78 is 5.34. The Kier molecular flexibility index (Phi) is 6.77. The molecule has 0 aliphatic carbocycles. The second-order valence-corrected chi connectivity index (χ2v) is 7.90. The van der Waals surface area contributed by atoms with Crippen molar-refractivity contribution in [3.8, 4) is 5.75 Å². The lowest BCUT2D eigenvalue weighted by Crippen LogP contribution is -2.38. The molecule has 0 radical (unpaired) electrons. The average Bonchev–Trinajstić information content (AvgIpc) is 2.81. The Morgan fingerprint density at radius 2 is 1.77 bits per heavy atom. The number of hydrogen-bond acceptors (Lipinski definition) is 4. The molecule has 1 atom stereocenters. The first-order valence-electron chi connectivity index (χ1n) is 10.3. The zero-order valence-electron chi connectivity index (χ0n) is 17.1. The first-order valence-corrected chi connectivity index (χ1v) is 10.7. The standard InChI is InChI=1S/C25H26ClN3O/c1-30-22-11-9-19(10-12-22)25(23-7-2-3-8-24(23)26)29-16-13-20(14-17-29)28-18-21-6-4-5-15-27-21/h2-12,15,18,20,25H,13-14,16-17H2,1H3. The summed E-state index contributed by atoms with van der Waals surface area (Å²) in [7, 11) is 1.69. The second-order valence-electron chi connectivity index (χ2n) is 7.50. The molecule has 1 saturated heterocycles. The first kappa shape index (κ1) is 20.6. The van der Waals surface area contributed by atoms with E-state index in [1.54, 1.807) is 13.3 Å². The molecule has 1 aromatic heterocycles. The van der Waals surface area contributed by atoms with Crippen LogP contribution in [-0.2, 0) is 0 Å². The van der Waals surface area contributed by atoms with Crippen LogP contribution in [0.15, 0.2) is 77.9 Å². The van der Waals surface area contributed by atoms with Crippen molar-refractivity contribution in [1.29, 1.82) is 0 Å². The fourth-order valence-electron chi connectivity index (χ4n) is 4.00. The van der Waals surface area contributed by atoms with Gasteiger partial charge in [-0.05, 0) is 54.3 Å². The molecule has 0 N–H and O–H groups in total. The minimum Gasteiger partial charge on any atom is -0.497 e. The zero-order chi connectivity index (χ0) is 20.8. The van der Waals surface area contributed by atoms with Crippen LogP contribution < -0.4 is 4.74 Å². The Balaban J connectivity index is 1.52. The summed E-state index contributed by atoms with van der Waals surface area (Å²) in [5.41, 5.74) is 3.27. The Morgan fingerprint density at radius 1 is 1.03 bits per heavy atom. The summed E-state index contributed by atoms with van der Waals surface area (Å²) in [5, 5.41) is 0.800. The highest BCUT2D eigenvalue weighted by Crippen LogP contribution is 2.36. The maximum Gasteiger partial charge on any atom is 0.118 e. The molecule has 1 aliphatic rings. The lowest BCUT2D eigenvalue weighted by molar-refractivity contribution is 0.175. The van der Waals surface area contributed by atoms with E-state index in [-0.39, 0.29) is 6.04 Å². The number of methoxy groups -OCH3 is 1. The SMILES string of the molecule is COc1ccc(C(c2ccccc2Cl)N2CCC(N=Cc3ccccn3)CC2)cc1. The molecule has 30 heavy (non-hydrogen) atoms. The number of benzene rings is 2. The number of ether oxygens (including phenoxy) is 1. The van der Waals surface area contributed by atoms with Crippen LogP contribution in [0.3, 0.4) is 0 Å². The third kappa shape index (κ3) is 4.89. The van der Waals surface area contributed by atoms with E-state index in [0.29, 0.717) is 6.04 Å². The maximum atomic E-state index is 6.61. The van der Waals surface area contributed by atoms with Crippen LogP contribution in [0.5, 0.6) is 5.75 Å². The first-order chi connectivity index (χ1) is 14.7. The molecule has 4 rings (SSSR count). The topological polar surface area (TPSA) is 37.7 Å². The van der Waals surface area contributed by atoms with Crippen LogP contribution in [-0.4, -0.2) is 42.3 Å². The van der Waals surface area contributed by atoms with E-state index in [2.05, 4.69) is 34.1 Å². The van der Waals surface area contributed by atoms with Gasteiger partial charge in [-0.2, -0.15) is 0 Å². The lowest BCUT2D eigenvalue weighted by Gasteiger charge is -2.37. The van der Waals surface area contributed by atoms with Crippen molar-refractivity contribution < 1.29 is 4.74 Å². The van der Waals surface area contributed by atoms with Gasteiger partial charge in [0.2, 0.25) is 0 Å². The minimum atomic E-state index is 0.116. The third-order valence-electron chi connectivity index (χ3n) is 5.60. The van der Waals surface area contributed by atoms with E-state index in [1.165, 1.54) is 5.56 Å². The second kappa shape index (κ2) is 9.88. The van der Waals surface area contributed by atoms with E-state index in [1.807, 2.05) is 48.7 Å². The van der Waals surface area contributed by atoms with Crippen LogP contribution in [0.1, 0.15) is 35.7 Å². The molecule has 2 aromatic carbocycles. The monoisotopic (exact) mass is 419 g/mol. The molecule has 2 heterocycles. The van der Waals surface area contributed by atoms with Gasteiger partial charge < -0.3 is 4.74 Å². The summed E-state index contributed by atoms with van der Waals surface area (Å²) in [4.78, 5) is 11.6. The molecule has 3 aromatic rings. The van der Waals surface area contributed by atoms with E-state index in [9.17, 15) is 0 Å². The van der Waals surface area contributed by atoms with Gasteiger partial charge in [-0.25, -0.2) is 0 Å². The Bertz CT molecular complexity index is 967. The number of likely N-dealkylation sites (tertiary alicyclic amines) is 1. The molecule has 1 unspecified atom stereocenters. The number of aliphatic imine (C=N–C) groups is 1. The lowest BCUT2D eigenvalue weighted by atomic mass is 9.94. The zero-order valence-corrected chi connectivity index (χ0v) is 17.9. The summed E-state index contributed by atoms with van der Waals surface area (Å²) in [6, 6.07) is 22.8. The van der Waals surface area contributed by atoms with Crippen molar-refractivity contribution in [1.82, 2.24) is 9.88 Å². The van der Waals surface area contributed by atoms with Gasteiger partial charge in [0.05, 0.1) is 24.9 Å². The molecule has 154 valence electrons. The number of halogens is 1. The van der Waals surface area contributed by atoms with Gasteiger partial charge in [-0.3, -0.25) is 14.9 Å². The molecule has 0 amide bonds. The molecule has 5 heteroatoms. The number of hydrogen-bond donors (Lipinski definition) is 0. The van der Waals surface area contributed by atoms with Gasteiger partial charge in [0.1, 0.15) is 5.75 Å². The van der Waals surface area contributed by atoms with Crippen molar-refractivity contribution in [3.05, 3.63) is 94.8 Å². The molecular formula is C25H26ClN3O. The quantitative estimate of drug-likeness (QED) is 0.501. The largest absolute Gasteiger partial charge is 0.497 e. The van der Waals surface area contributed by atoms with E-state index in [4.69, 9.17) is 21.3 Å². The molecule has 1 aliphatic heterocycles. The van der Waals surface area contributed by atoms with Crippen molar-refractivity contribution in [2.75, 3.05) is 20.2 Å². The highest BCUT2D eigenvalue weighted by atomic mass is 35.5. The number of piperidine rings is 1. The summed E-state index contributed by atoms with van der Waals surface area (Å²) in [6.45, 7) is 1.93. The van der Waals surface area contributed by atoms with Gasteiger partial charge in [0.15, 0.2) is 0 Å². The number of aromatic nitrogens is 1. The van der Waals surface area contributed by atoms with Crippen LogP contribution in [0, 0.1) is 0 Å². The normalized spacial score (nSPS) is 16.6. The summed E-state index contributed by atoms with van der Waals surface area (Å²) in [5.74, 6) is 0.860. The molecule has 0 saturated carbocycles. The fraction of sp³-hybridized carbons (Fsp3) is 0.280. The van der Waals surface area contributed by atoms with Crippen molar-refractivity contribution in [3.63, 3.8) is 0 Å². The summed E-state index contributed by atoms with van der Waals surface area (Å²) >= 11 is 6.61. The average molecular weight is 420 g/mol. The van der Waals surface area contributed by atoms with Crippen LogP contribution in [0.4, 0.5) is 0 Å². The predicted octanol–water partition coefficient (Wildman–Crippen LogP) is 5.42. The molecule has 4 nitrogen and oxygen atoms in total. The Hall–Kier alpha value is -2.69. The van der Waals surface area contributed by atoms with Gasteiger partial charge in [-0.15, -0.1) is 0 Å². The van der Waals surface area contributed by atoms with Crippen LogP contribution in [0.25, 0.3) is 0 Å². The fourth-order valence-corrected chi connectivity index (χ4v) is 4.24. The molecular weight excluding hydrogens is 394 g/mol. The molecule has 0 spiro atoms. The third-order valence-corrected chi connectivity index (χ3v) is 5.95. The molecule has 0 bridgehead atoms. The highest BCUT2D eigenvalue weighted by molar-refractivity contribution is 6.31. The number of rotatable bonds is 6.